The van der Waals surface area contributed by atoms with Gasteiger partial charge in [-0.1, -0.05) is 6.07 Å². The zero-order valence-corrected chi connectivity index (χ0v) is 14.1. The van der Waals surface area contributed by atoms with Gasteiger partial charge < -0.3 is 9.15 Å². The Morgan fingerprint density at radius 3 is 2.65 bits per heavy atom. The second-order valence-electron chi connectivity index (χ2n) is 6.03. The number of carbonyl (C=O) groups is 1. The number of anilines is 1. The van der Waals surface area contributed by atoms with E-state index >= 15 is 0 Å². The summed E-state index contributed by atoms with van der Waals surface area (Å²) in [6, 6.07) is 8.05. The van der Waals surface area contributed by atoms with E-state index in [-0.39, 0.29) is 6.10 Å². The molecular formula is C18H15FN4O3. The van der Waals surface area contributed by atoms with Crippen LogP contribution in [0.4, 0.5) is 14.9 Å². The lowest BCUT2D eigenvalue weighted by Crippen LogP contribution is -2.24. The first-order chi connectivity index (χ1) is 12.5. The fourth-order valence-electron chi connectivity index (χ4n) is 2.80. The molecular weight excluding hydrogens is 339 g/mol. The van der Waals surface area contributed by atoms with E-state index in [1.807, 2.05) is 0 Å². The summed E-state index contributed by atoms with van der Waals surface area (Å²) in [5.74, 6) is 0.312. The minimum atomic E-state index is -0.467. The summed E-state index contributed by atoms with van der Waals surface area (Å²) < 4.78 is 25.0. The van der Waals surface area contributed by atoms with E-state index < -0.39 is 11.9 Å². The van der Waals surface area contributed by atoms with Gasteiger partial charge in [-0.25, -0.2) is 9.18 Å². The topological polar surface area (TPSA) is 81.4 Å². The van der Waals surface area contributed by atoms with Crippen molar-refractivity contribution in [2.75, 3.05) is 11.4 Å². The second-order valence-corrected chi connectivity index (χ2v) is 6.03. The van der Waals surface area contributed by atoms with Crippen LogP contribution >= 0.6 is 0 Å². The van der Waals surface area contributed by atoms with E-state index in [4.69, 9.17) is 9.15 Å². The maximum absolute atomic E-state index is 14.6. The van der Waals surface area contributed by atoms with Crippen LogP contribution in [0.2, 0.25) is 0 Å². The first kappa shape index (κ1) is 16.2. The van der Waals surface area contributed by atoms with Crippen LogP contribution < -0.4 is 4.90 Å². The minimum absolute atomic E-state index is 0.213. The Bertz CT molecular complexity index is 971. The largest absolute Gasteiger partial charge is 0.444 e. The molecule has 1 fully saturated rings. The van der Waals surface area contributed by atoms with Crippen LogP contribution in [0.15, 0.2) is 40.9 Å². The van der Waals surface area contributed by atoms with E-state index in [1.165, 1.54) is 11.0 Å². The molecule has 3 aromatic rings. The van der Waals surface area contributed by atoms with E-state index in [9.17, 15) is 9.18 Å². The highest BCUT2D eigenvalue weighted by atomic mass is 19.1. The average molecular weight is 354 g/mol. The van der Waals surface area contributed by atoms with Crippen molar-refractivity contribution >= 4 is 11.8 Å². The molecule has 26 heavy (non-hydrogen) atoms. The number of aryl methyl sites for hydroxylation is 1. The molecule has 1 amide bonds. The van der Waals surface area contributed by atoms with Gasteiger partial charge in [-0.3, -0.25) is 9.88 Å². The van der Waals surface area contributed by atoms with Crippen molar-refractivity contribution in [3.63, 3.8) is 0 Å². The van der Waals surface area contributed by atoms with Gasteiger partial charge in [0.05, 0.1) is 12.2 Å². The third kappa shape index (κ3) is 2.90. The molecule has 2 aromatic heterocycles. The zero-order valence-electron chi connectivity index (χ0n) is 14.1. The first-order valence-corrected chi connectivity index (χ1v) is 8.06. The Kier molecular flexibility index (Phi) is 3.87. The van der Waals surface area contributed by atoms with Crippen molar-refractivity contribution in [3.05, 3.63) is 48.2 Å². The van der Waals surface area contributed by atoms with Crippen LogP contribution in [0, 0.1) is 12.7 Å². The van der Waals surface area contributed by atoms with Crippen LogP contribution in [-0.2, 0) is 4.74 Å². The lowest BCUT2D eigenvalue weighted by molar-refractivity contribution is 0.150. The van der Waals surface area contributed by atoms with Crippen molar-refractivity contribution < 1.29 is 18.3 Å². The van der Waals surface area contributed by atoms with E-state index in [0.29, 0.717) is 40.8 Å². The van der Waals surface area contributed by atoms with E-state index in [1.54, 1.807) is 44.3 Å². The van der Waals surface area contributed by atoms with Crippen molar-refractivity contribution in [2.45, 2.75) is 20.0 Å². The molecule has 7 nitrogen and oxygen atoms in total. The number of ether oxygens (including phenoxy) is 1. The third-order valence-corrected chi connectivity index (χ3v) is 4.05. The average Bonchev–Trinajstić information content (AvgIpc) is 3.20. The fourth-order valence-corrected chi connectivity index (χ4v) is 2.80. The molecule has 4 rings (SSSR count). The Morgan fingerprint density at radius 1 is 1.23 bits per heavy atom. The van der Waals surface area contributed by atoms with Gasteiger partial charge in [0.15, 0.2) is 0 Å². The molecule has 0 N–H and O–H groups in total. The fraction of sp³-hybridized carbons (Fsp3) is 0.222. The predicted octanol–water partition coefficient (Wildman–Crippen LogP) is 3.59. The first-order valence-electron chi connectivity index (χ1n) is 8.06. The van der Waals surface area contributed by atoms with Crippen LogP contribution in [0.1, 0.15) is 12.8 Å². The number of aromatic nitrogens is 3. The van der Waals surface area contributed by atoms with Gasteiger partial charge in [0.25, 0.3) is 5.89 Å². The summed E-state index contributed by atoms with van der Waals surface area (Å²) in [4.78, 5) is 17.4. The molecule has 1 unspecified atom stereocenters. The number of carbonyl (C=O) groups excluding carboxylic acids is 1. The number of amides is 1. The standard InChI is InChI=1S/C18H15FN4O3/c1-10-9-23(18(24)25-10)13-4-5-14(15(19)7-13)12-3-6-16(20-8-12)17-22-21-11(2)26-17/h3-8,10H,9H2,1-2H3. The Labute approximate surface area is 148 Å². The van der Waals surface area contributed by atoms with Gasteiger partial charge in [0.2, 0.25) is 5.89 Å². The zero-order chi connectivity index (χ0) is 18.3. The molecule has 1 atom stereocenters. The minimum Gasteiger partial charge on any atom is -0.444 e. The number of cyclic esters (lactones) is 1. The van der Waals surface area contributed by atoms with Gasteiger partial charge in [-0.05, 0) is 31.2 Å². The van der Waals surface area contributed by atoms with Crippen molar-refractivity contribution in [2.24, 2.45) is 0 Å². The normalized spacial score (nSPS) is 16.8. The second kappa shape index (κ2) is 6.21. The van der Waals surface area contributed by atoms with Gasteiger partial charge in [0, 0.05) is 24.2 Å². The molecule has 0 saturated carbocycles. The van der Waals surface area contributed by atoms with Crippen LogP contribution in [0.25, 0.3) is 22.7 Å². The number of hydrogen-bond donors (Lipinski definition) is 0. The maximum Gasteiger partial charge on any atom is 0.414 e. The maximum atomic E-state index is 14.6. The Hall–Kier alpha value is -3.29. The number of benzene rings is 1. The lowest BCUT2D eigenvalue weighted by Gasteiger charge is -2.14. The van der Waals surface area contributed by atoms with Gasteiger partial charge in [-0.15, -0.1) is 10.2 Å². The molecule has 0 aliphatic carbocycles. The highest BCUT2D eigenvalue weighted by Crippen LogP contribution is 2.29. The highest BCUT2D eigenvalue weighted by molar-refractivity contribution is 5.90. The number of nitrogens with zero attached hydrogens (tertiary/aromatic N) is 4. The third-order valence-electron chi connectivity index (χ3n) is 4.05. The smallest absolute Gasteiger partial charge is 0.414 e. The Balaban J connectivity index is 1.61. The SMILES string of the molecule is Cc1nnc(-c2ccc(-c3ccc(N4CC(C)OC4=O)cc3F)cn2)o1. The summed E-state index contributed by atoms with van der Waals surface area (Å²) in [7, 11) is 0. The molecule has 1 aliphatic heterocycles. The van der Waals surface area contributed by atoms with Gasteiger partial charge >= 0.3 is 6.09 Å². The molecule has 3 heterocycles. The molecule has 0 bridgehead atoms. The summed E-state index contributed by atoms with van der Waals surface area (Å²) in [6.45, 7) is 3.89. The number of halogens is 1. The van der Waals surface area contributed by atoms with Crippen molar-refractivity contribution in [1.82, 2.24) is 15.2 Å². The molecule has 0 radical (unpaired) electrons. The summed E-state index contributed by atoms with van der Waals surface area (Å²) in [5.41, 5.74) is 1.97. The molecule has 8 heteroatoms. The van der Waals surface area contributed by atoms with Crippen LogP contribution in [0.5, 0.6) is 0 Å². The van der Waals surface area contributed by atoms with Crippen molar-refractivity contribution in [3.8, 4) is 22.7 Å². The predicted molar refractivity (Wildman–Crippen MR) is 90.9 cm³/mol. The van der Waals surface area contributed by atoms with E-state index in [2.05, 4.69) is 15.2 Å². The summed E-state index contributed by atoms with van der Waals surface area (Å²) in [6.07, 6.45) is 0.861. The number of rotatable bonds is 3. The van der Waals surface area contributed by atoms with Gasteiger partial charge in [0.1, 0.15) is 17.6 Å². The lowest BCUT2D eigenvalue weighted by atomic mass is 10.1. The number of hydrogen-bond acceptors (Lipinski definition) is 6. The molecule has 1 aliphatic rings. The van der Waals surface area contributed by atoms with Gasteiger partial charge in [-0.2, -0.15) is 0 Å². The van der Waals surface area contributed by atoms with Crippen LogP contribution in [-0.4, -0.2) is 33.9 Å². The highest BCUT2D eigenvalue weighted by Gasteiger charge is 2.29. The van der Waals surface area contributed by atoms with Crippen molar-refractivity contribution in [1.29, 1.82) is 0 Å². The van der Waals surface area contributed by atoms with Crippen LogP contribution in [0.3, 0.4) is 0 Å². The molecule has 132 valence electrons. The molecule has 0 spiro atoms. The van der Waals surface area contributed by atoms with E-state index in [0.717, 1.165) is 0 Å². The quantitative estimate of drug-likeness (QED) is 0.715. The Morgan fingerprint density at radius 2 is 2.08 bits per heavy atom. The number of pyridine rings is 1. The summed E-state index contributed by atoms with van der Waals surface area (Å²) in [5, 5.41) is 7.66. The molecule has 1 saturated heterocycles. The summed E-state index contributed by atoms with van der Waals surface area (Å²) >= 11 is 0. The monoisotopic (exact) mass is 354 g/mol. The molecule has 1 aromatic carbocycles.